The molecule has 0 N–H and O–H groups in total. The zero-order chi connectivity index (χ0) is 38.1. The lowest BCUT2D eigenvalue weighted by molar-refractivity contribution is 0.402. The first-order chi connectivity index (χ1) is 28.1. The highest BCUT2D eigenvalue weighted by molar-refractivity contribution is 8.00. The number of aromatic nitrogens is 4. The minimum atomic E-state index is -2.78. The number of rotatable bonds is 6. The first-order valence-electron chi connectivity index (χ1n) is 19.2. The molecule has 4 nitrogen and oxygen atoms in total. The van der Waals surface area contributed by atoms with Crippen molar-refractivity contribution in [3.8, 4) is 17.2 Å². The van der Waals surface area contributed by atoms with Crippen molar-refractivity contribution in [1.82, 2.24) is 19.1 Å². The molecule has 1 atom stereocenters. The normalized spacial score (nSPS) is 13.8. The number of para-hydroxylation sites is 2. The van der Waals surface area contributed by atoms with Gasteiger partial charge in [-0.2, -0.15) is 0 Å². The molecule has 4 heterocycles. The maximum absolute atomic E-state index is 17.1. The molecule has 1 aliphatic heterocycles. The Morgan fingerprint density at radius 1 is 0.596 bits per heavy atom. The summed E-state index contributed by atoms with van der Waals surface area (Å²) < 4.78 is 21.3. The molecular weight excluding hydrogens is 736 g/mol. The monoisotopic (exact) mass is 770 g/mol. The highest BCUT2D eigenvalue weighted by atomic mass is 32.2. The Hall–Kier alpha value is -6.54. The molecule has 10 aromatic rings. The third-order valence-corrected chi connectivity index (χ3v) is 18.1. The van der Waals surface area contributed by atoms with Crippen molar-refractivity contribution in [1.29, 1.82) is 0 Å². The van der Waals surface area contributed by atoms with E-state index in [0.29, 0.717) is 11.1 Å². The van der Waals surface area contributed by atoms with E-state index in [1.54, 1.807) is 0 Å². The van der Waals surface area contributed by atoms with Crippen molar-refractivity contribution in [2.24, 2.45) is 7.05 Å². The van der Waals surface area contributed by atoms with E-state index in [1.807, 2.05) is 97.8 Å². The van der Waals surface area contributed by atoms with Gasteiger partial charge in [-0.15, -0.1) is 0 Å². The predicted octanol–water partition coefficient (Wildman–Crippen LogP) is 9.63. The van der Waals surface area contributed by atoms with E-state index in [4.69, 9.17) is 9.97 Å². The summed E-state index contributed by atoms with van der Waals surface area (Å²) in [6.45, 7) is 0. The van der Waals surface area contributed by atoms with Crippen LogP contribution in [-0.2, 0) is 7.05 Å². The summed E-state index contributed by atoms with van der Waals surface area (Å²) in [7, 11) is -0.775. The number of pyridine rings is 1. The molecule has 11 rings (SSSR count). The minimum absolute atomic E-state index is 0.588. The number of nitrogens with zero attached hydrogens (tertiary/aromatic N) is 4. The highest BCUT2D eigenvalue weighted by Crippen LogP contribution is 2.44. The Morgan fingerprint density at radius 2 is 1.32 bits per heavy atom. The van der Waals surface area contributed by atoms with Crippen LogP contribution in [-0.4, -0.2) is 27.2 Å². The van der Waals surface area contributed by atoms with Gasteiger partial charge in [0, 0.05) is 39.4 Å². The molecule has 1 aliphatic rings. The van der Waals surface area contributed by atoms with E-state index in [-0.39, 0.29) is 0 Å². The van der Waals surface area contributed by atoms with Crippen LogP contribution in [0.5, 0.6) is 0 Å². The Bertz CT molecular complexity index is 3100. The third kappa shape index (κ3) is 5.12. The molecule has 7 aromatic carbocycles. The average molecular weight is 771 g/mol. The summed E-state index contributed by atoms with van der Waals surface area (Å²) in [6, 6.07) is 63.7. The van der Waals surface area contributed by atoms with E-state index >= 15 is 4.39 Å². The van der Waals surface area contributed by atoms with E-state index < -0.39 is 14.2 Å². The van der Waals surface area contributed by atoms with Crippen molar-refractivity contribution in [3.05, 3.63) is 199 Å². The van der Waals surface area contributed by atoms with Crippen molar-refractivity contribution in [2.75, 3.05) is 0 Å². The van der Waals surface area contributed by atoms with Crippen LogP contribution in [0.25, 0.3) is 50.0 Å². The zero-order valence-corrected chi connectivity index (χ0v) is 32.9. The Balaban J connectivity index is 1.14. The summed E-state index contributed by atoms with van der Waals surface area (Å²) in [4.78, 5) is 12.3. The number of hydrogen-bond acceptors (Lipinski definition) is 3. The fourth-order valence-corrected chi connectivity index (χ4v) is 16.2. The molecule has 3 aromatic heterocycles. The van der Waals surface area contributed by atoms with Crippen LogP contribution in [0.15, 0.2) is 198 Å². The summed E-state index contributed by atoms with van der Waals surface area (Å²) in [5.74, 6) is 1.61. The van der Waals surface area contributed by atoms with Gasteiger partial charge in [-0.1, -0.05) is 145 Å². The number of fused-ring (bicyclic) bond motifs is 7. The van der Waals surface area contributed by atoms with Crippen molar-refractivity contribution >= 4 is 73.4 Å². The lowest BCUT2D eigenvalue weighted by atomic mass is 9.99. The second kappa shape index (κ2) is 13.3. The largest absolute Gasteiger partial charge is 0.327 e. The van der Waals surface area contributed by atoms with Crippen LogP contribution in [0.2, 0.25) is 0 Å². The molecule has 1 unspecified atom stereocenters. The van der Waals surface area contributed by atoms with Gasteiger partial charge in [-0.3, -0.25) is 4.57 Å². The predicted molar refractivity (Wildman–Crippen MR) is 235 cm³/mol. The molecular formula is C50H35FN4SSi. The van der Waals surface area contributed by atoms with Crippen LogP contribution in [0.3, 0.4) is 0 Å². The van der Waals surface area contributed by atoms with Gasteiger partial charge < -0.3 is 4.57 Å². The molecule has 0 saturated heterocycles. The lowest BCUT2D eigenvalue weighted by Gasteiger charge is -2.40. The number of benzene rings is 7. The number of hydrogen-bond donors (Lipinski definition) is 0. The van der Waals surface area contributed by atoms with Crippen molar-refractivity contribution in [2.45, 2.75) is 16.0 Å². The molecule has 0 aliphatic carbocycles. The van der Waals surface area contributed by atoms with Gasteiger partial charge in [0.1, 0.15) is 11.6 Å². The van der Waals surface area contributed by atoms with Crippen molar-refractivity contribution < 1.29 is 4.39 Å². The molecule has 7 heteroatoms. The van der Waals surface area contributed by atoms with Crippen LogP contribution < -0.4 is 20.7 Å². The first-order valence-corrected chi connectivity index (χ1v) is 22.0. The van der Waals surface area contributed by atoms with E-state index in [2.05, 4.69) is 118 Å². The van der Waals surface area contributed by atoms with Gasteiger partial charge >= 0.3 is 0 Å². The van der Waals surface area contributed by atoms with Crippen LogP contribution in [0, 0.1) is 0 Å². The number of aryl methyl sites for hydroxylation is 1. The van der Waals surface area contributed by atoms with Gasteiger partial charge in [0.2, 0.25) is 0 Å². The smallest absolute Gasteiger partial charge is 0.181 e. The SMILES string of the molecule is Cn1c(-c2cccc(C(F)c3ccc4c5c6c(ccc5n(-c5ccccn5)c4c3)[Si](c3ccccc3)(c3ccccc3)c3ccccc3S6)c2)nc2ccccc21. The van der Waals surface area contributed by atoms with Crippen LogP contribution in [0.4, 0.5) is 4.39 Å². The van der Waals surface area contributed by atoms with Gasteiger partial charge in [-0.25, -0.2) is 14.4 Å². The Morgan fingerprint density at radius 3 is 2.09 bits per heavy atom. The van der Waals surface area contributed by atoms with E-state index in [1.165, 1.54) is 35.9 Å². The summed E-state index contributed by atoms with van der Waals surface area (Å²) in [5, 5.41) is 7.71. The highest BCUT2D eigenvalue weighted by Gasteiger charge is 2.47. The maximum atomic E-state index is 17.1. The standard InChI is InChI=1S/C50H35FN4SSi/c1-54-40-22-9-8-21-39(40)53-50(54)35-16-14-15-33(31-35)48(51)34-26-27-38-42(32-34)55(46-25-12-13-30-52-46)41-28-29-45-49(47(38)41)56-43-23-10-11-24-44(43)57(45,36-17-4-2-5-18-36)37-19-6-3-7-20-37/h2-32,48H,1H3. The van der Waals surface area contributed by atoms with Gasteiger partial charge in [0.15, 0.2) is 14.2 Å². The quantitative estimate of drug-likeness (QED) is 0.158. The number of imidazole rings is 1. The Kier molecular flexibility index (Phi) is 7.88. The second-order valence-corrected chi connectivity index (χ2v) is 19.5. The van der Waals surface area contributed by atoms with Crippen LogP contribution in [0.1, 0.15) is 17.3 Å². The van der Waals surface area contributed by atoms with Gasteiger partial charge in [-0.05, 0) is 80.4 Å². The minimum Gasteiger partial charge on any atom is -0.327 e. The zero-order valence-electron chi connectivity index (χ0n) is 31.1. The Labute approximate surface area is 334 Å². The first kappa shape index (κ1) is 33.8. The molecule has 0 fully saturated rings. The lowest BCUT2D eigenvalue weighted by Crippen LogP contribution is -2.76. The van der Waals surface area contributed by atoms with E-state index in [0.717, 1.165) is 44.7 Å². The van der Waals surface area contributed by atoms with E-state index in [9.17, 15) is 0 Å². The maximum Gasteiger partial charge on any atom is 0.181 e. The molecule has 0 radical (unpaired) electrons. The van der Waals surface area contributed by atoms with Gasteiger partial charge in [0.05, 0.1) is 22.1 Å². The molecule has 0 bridgehead atoms. The topological polar surface area (TPSA) is 35.6 Å². The fourth-order valence-electron chi connectivity index (χ4n) is 9.10. The fraction of sp³-hybridized carbons (Fsp3) is 0.0400. The van der Waals surface area contributed by atoms with Crippen LogP contribution >= 0.6 is 11.8 Å². The molecule has 0 spiro atoms. The second-order valence-electron chi connectivity index (χ2n) is 14.7. The van der Waals surface area contributed by atoms with Crippen molar-refractivity contribution in [3.63, 3.8) is 0 Å². The molecule has 57 heavy (non-hydrogen) atoms. The van der Waals surface area contributed by atoms with Gasteiger partial charge in [0.25, 0.3) is 0 Å². The summed E-state index contributed by atoms with van der Waals surface area (Å²) in [6.07, 6.45) is 0.471. The number of halogens is 1. The summed E-state index contributed by atoms with van der Waals surface area (Å²) in [5.41, 5.74) is 6.00. The third-order valence-electron chi connectivity index (χ3n) is 11.6. The summed E-state index contributed by atoms with van der Waals surface area (Å²) >= 11 is 1.86. The molecule has 272 valence electrons. The molecule has 0 amide bonds. The number of alkyl halides is 1. The molecule has 0 saturated carbocycles. The average Bonchev–Trinajstić information content (AvgIpc) is 3.80.